The Hall–Kier alpha value is -0.610. The van der Waals surface area contributed by atoms with E-state index in [-0.39, 0.29) is 5.54 Å². The summed E-state index contributed by atoms with van der Waals surface area (Å²) in [5.74, 6) is -0.642. The molecule has 0 atom stereocenters. The van der Waals surface area contributed by atoms with Crippen LogP contribution in [-0.2, 0) is 4.79 Å². The van der Waals surface area contributed by atoms with Gasteiger partial charge in [0.2, 0.25) is 0 Å². The lowest BCUT2D eigenvalue weighted by Crippen LogP contribution is -2.51. The van der Waals surface area contributed by atoms with Crippen molar-refractivity contribution in [3.05, 3.63) is 0 Å². The van der Waals surface area contributed by atoms with Crippen molar-refractivity contribution in [3.8, 4) is 0 Å². The molecule has 1 heterocycles. The van der Waals surface area contributed by atoms with Crippen LogP contribution < -0.4 is 0 Å². The lowest BCUT2D eigenvalue weighted by atomic mass is 9.78. The minimum Gasteiger partial charge on any atom is -0.481 e. The summed E-state index contributed by atoms with van der Waals surface area (Å²) in [6.07, 6.45) is 10.1. The highest BCUT2D eigenvalue weighted by molar-refractivity contribution is 5.68. The molecule has 0 amide bonds. The zero-order valence-electron chi connectivity index (χ0n) is 12.9. The molecule has 0 spiro atoms. The third-order valence-corrected chi connectivity index (χ3v) is 5.27. The van der Waals surface area contributed by atoms with Crippen LogP contribution in [0.2, 0.25) is 0 Å². The van der Waals surface area contributed by atoms with E-state index < -0.39 is 5.97 Å². The fraction of sp³-hybridized carbons (Fsp3) is 0.938. The van der Waals surface area contributed by atoms with E-state index in [1.807, 2.05) is 0 Å². The molecule has 1 saturated carbocycles. The Morgan fingerprint density at radius 1 is 1.10 bits per heavy atom. The second kappa shape index (κ2) is 7.41. The molecule has 4 heteroatoms. The Labute approximate surface area is 123 Å². The molecular weight excluding hydrogens is 252 g/mol. The summed E-state index contributed by atoms with van der Waals surface area (Å²) in [4.78, 5) is 16.1. The number of carbonyl (C=O) groups is 1. The number of likely N-dealkylation sites (tertiary alicyclic amines) is 1. The minimum atomic E-state index is -0.642. The van der Waals surface area contributed by atoms with Gasteiger partial charge in [0, 0.05) is 18.6 Å². The van der Waals surface area contributed by atoms with Crippen LogP contribution in [0.3, 0.4) is 0 Å². The lowest BCUT2D eigenvalue weighted by molar-refractivity contribution is -0.141. The molecule has 116 valence electrons. The number of likely N-dealkylation sites (N-methyl/N-ethyl adjacent to an activating group) is 1. The number of nitrogens with zero attached hydrogens (tertiary/aromatic N) is 2. The van der Waals surface area contributed by atoms with Gasteiger partial charge < -0.3 is 10.0 Å². The van der Waals surface area contributed by atoms with Crippen LogP contribution in [0.4, 0.5) is 0 Å². The van der Waals surface area contributed by atoms with Gasteiger partial charge in [0.1, 0.15) is 0 Å². The van der Waals surface area contributed by atoms with Crippen molar-refractivity contribution in [2.45, 2.75) is 63.3 Å². The summed E-state index contributed by atoms with van der Waals surface area (Å²) in [7, 11) is 2.14. The van der Waals surface area contributed by atoms with Crippen molar-refractivity contribution >= 4 is 5.97 Å². The van der Waals surface area contributed by atoms with Gasteiger partial charge in [0.15, 0.2) is 0 Å². The van der Waals surface area contributed by atoms with Crippen molar-refractivity contribution in [2.75, 3.05) is 33.2 Å². The Morgan fingerprint density at radius 3 is 2.30 bits per heavy atom. The number of hydrogen-bond donors (Lipinski definition) is 1. The minimum absolute atomic E-state index is 0.0835. The van der Waals surface area contributed by atoms with Gasteiger partial charge >= 0.3 is 5.97 Å². The van der Waals surface area contributed by atoms with Crippen LogP contribution in [0.25, 0.3) is 0 Å². The maximum atomic E-state index is 11.2. The molecule has 2 aliphatic rings. The highest BCUT2D eigenvalue weighted by Crippen LogP contribution is 2.35. The summed E-state index contributed by atoms with van der Waals surface area (Å²) in [6.45, 7) is 4.55. The van der Waals surface area contributed by atoms with Crippen molar-refractivity contribution in [2.24, 2.45) is 0 Å². The highest BCUT2D eigenvalue weighted by Gasteiger charge is 2.37. The molecule has 0 unspecified atom stereocenters. The van der Waals surface area contributed by atoms with E-state index in [0.717, 1.165) is 25.9 Å². The topological polar surface area (TPSA) is 43.8 Å². The monoisotopic (exact) mass is 282 g/mol. The Balaban J connectivity index is 1.88. The number of aliphatic carboxylic acids is 1. The number of hydrogen-bond acceptors (Lipinski definition) is 3. The van der Waals surface area contributed by atoms with Crippen LogP contribution in [0.1, 0.15) is 57.8 Å². The van der Waals surface area contributed by atoms with Gasteiger partial charge in [0.05, 0.1) is 6.42 Å². The molecule has 2 rings (SSSR count). The zero-order chi connectivity index (χ0) is 14.4. The molecule has 1 aliphatic carbocycles. The predicted molar refractivity (Wildman–Crippen MR) is 81.0 cm³/mol. The molecule has 1 N–H and O–H groups in total. The smallest absolute Gasteiger partial charge is 0.305 e. The first-order chi connectivity index (χ1) is 9.62. The quantitative estimate of drug-likeness (QED) is 0.813. The van der Waals surface area contributed by atoms with Crippen LogP contribution >= 0.6 is 0 Å². The maximum absolute atomic E-state index is 11.2. The van der Waals surface area contributed by atoms with E-state index in [2.05, 4.69) is 16.8 Å². The van der Waals surface area contributed by atoms with Gasteiger partial charge in [-0.15, -0.1) is 0 Å². The van der Waals surface area contributed by atoms with E-state index >= 15 is 0 Å². The molecule has 20 heavy (non-hydrogen) atoms. The normalized spacial score (nSPS) is 23.9. The first-order valence-electron chi connectivity index (χ1n) is 8.28. The third-order valence-electron chi connectivity index (χ3n) is 5.27. The van der Waals surface area contributed by atoms with Gasteiger partial charge in [-0.1, -0.05) is 25.7 Å². The first kappa shape index (κ1) is 15.8. The molecular formula is C16H30N2O2. The van der Waals surface area contributed by atoms with E-state index in [1.165, 1.54) is 51.6 Å². The van der Waals surface area contributed by atoms with Gasteiger partial charge in [0.25, 0.3) is 0 Å². The highest BCUT2D eigenvalue weighted by atomic mass is 16.4. The largest absolute Gasteiger partial charge is 0.481 e. The molecule has 0 aromatic carbocycles. The van der Waals surface area contributed by atoms with E-state index in [0.29, 0.717) is 6.42 Å². The summed E-state index contributed by atoms with van der Waals surface area (Å²) in [5, 5.41) is 9.26. The molecule has 2 fully saturated rings. The molecule has 0 aromatic heterocycles. The summed E-state index contributed by atoms with van der Waals surface area (Å²) in [6, 6.07) is 0. The fourth-order valence-corrected chi connectivity index (χ4v) is 3.90. The second-order valence-corrected chi connectivity index (χ2v) is 6.68. The van der Waals surface area contributed by atoms with Gasteiger partial charge in [-0.25, -0.2) is 0 Å². The summed E-state index contributed by atoms with van der Waals surface area (Å²) < 4.78 is 0. The lowest BCUT2D eigenvalue weighted by Gasteiger charge is -2.44. The Morgan fingerprint density at radius 2 is 1.70 bits per heavy atom. The second-order valence-electron chi connectivity index (χ2n) is 6.68. The predicted octanol–water partition coefficient (Wildman–Crippen LogP) is 2.58. The standard InChI is InChI=1S/C16H30N2O2/c1-17(12-13-18-10-6-3-7-11-18)16(14-15(19)20)8-4-2-5-9-16/h2-14H2,1H3,(H,19,20). The Bertz CT molecular complexity index is 308. The molecule has 4 nitrogen and oxygen atoms in total. The molecule has 1 aliphatic heterocycles. The third kappa shape index (κ3) is 4.19. The van der Waals surface area contributed by atoms with Gasteiger partial charge in [-0.3, -0.25) is 9.69 Å². The van der Waals surface area contributed by atoms with Crippen molar-refractivity contribution in [3.63, 3.8) is 0 Å². The van der Waals surface area contributed by atoms with Crippen LogP contribution in [0.5, 0.6) is 0 Å². The summed E-state index contributed by atoms with van der Waals surface area (Å²) >= 11 is 0. The average molecular weight is 282 g/mol. The number of carboxylic acid groups (broad SMARTS) is 1. The molecule has 1 saturated heterocycles. The fourth-order valence-electron chi connectivity index (χ4n) is 3.90. The van der Waals surface area contributed by atoms with Crippen molar-refractivity contribution in [1.82, 2.24) is 9.80 Å². The van der Waals surface area contributed by atoms with Crippen LogP contribution in [0, 0.1) is 0 Å². The van der Waals surface area contributed by atoms with Crippen molar-refractivity contribution < 1.29 is 9.90 Å². The van der Waals surface area contributed by atoms with Gasteiger partial charge in [-0.05, 0) is 45.8 Å². The number of piperidine rings is 1. The number of rotatable bonds is 6. The maximum Gasteiger partial charge on any atom is 0.305 e. The van der Waals surface area contributed by atoms with E-state index in [1.54, 1.807) is 0 Å². The molecule has 0 bridgehead atoms. The molecule has 0 aromatic rings. The van der Waals surface area contributed by atoms with E-state index in [9.17, 15) is 9.90 Å². The average Bonchev–Trinajstić information content (AvgIpc) is 2.46. The zero-order valence-corrected chi connectivity index (χ0v) is 12.9. The van der Waals surface area contributed by atoms with Gasteiger partial charge in [-0.2, -0.15) is 0 Å². The van der Waals surface area contributed by atoms with Crippen LogP contribution in [-0.4, -0.2) is 59.6 Å². The van der Waals surface area contributed by atoms with Crippen molar-refractivity contribution in [1.29, 1.82) is 0 Å². The van der Waals surface area contributed by atoms with Crippen LogP contribution in [0.15, 0.2) is 0 Å². The first-order valence-corrected chi connectivity index (χ1v) is 8.28. The van der Waals surface area contributed by atoms with E-state index in [4.69, 9.17) is 0 Å². The number of carboxylic acids is 1. The summed E-state index contributed by atoms with van der Waals surface area (Å²) in [5.41, 5.74) is -0.0835. The Kier molecular flexibility index (Phi) is 5.85. The SMILES string of the molecule is CN(CCN1CCCCC1)C1(CC(=O)O)CCCCC1. The molecule has 0 radical (unpaired) electrons.